The fourth-order valence-electron chi connectivity index (χ4n) is 3.60. The number of hydrogen-bond donors (Lipinski definition) is 2. The quantitative estimate of drug-likeness (QED) is 0.850. The van der Waals surface area contributed by atoms with E-state index in [4.69, 9.17) is 4.74 Å². The molecule has 0 unspecified atom stereocenters. The Bertz CT molecular complexity index is 681. The molecule has 3 rings (SSSR count). The Balaban J connectivity index is 1.81. The zero-order chi connectivity index (χ0) is 17.6. The van der Waals surface area contributed by atoms with Crippen LogP contribution in [0.25, 0.3) is 0 Å². The lowest BCUT2D eigenvalue weighted by Gasteiger charge is -2.20. The summed E-state index contributed by atoms with van der Waals surface area (Å²) in [6.45, 7) is 0.429. The molecule has 1 aliphatic carbocycles. The molecular weight excluding hydrogens is 314 g/mol. The largest absolute Gasteiger partial charge is 0.389 e. The lowest BCUT2D eigenvalue weighted by Crippen LogP contribution is -2.35. The molecule has 0 radical (unpaired) electrons. The highest BCUT2D eigenvalue weighted by molar-refractivity contribution is 5.78. The second kappa shape index (κ2) is 8.28. The summed E-state index contributed by atoms with van der Waals surface area (Å²) >= 11 is 0. The first kappa shape index (κ1) is 17.6. The van der Waals surface area contributed by atoms with Crippen molar-refractivity contribution in [2.75, 3.05) is 20.3 Å². The lowest BCUT2D eigenvalue weighted by molar-refractivity contribution is -0.121. The van der Waals surface area contributed by atoms with Crippen molar-refractivity contribution in [1.82, 2.24) is 5.32 Å². The maximum atomic E-state index is 12.5. The molecular formula is C21H25NO3. The Labute approximate surface area is 148 Å². The van der Waals surface area contributed by atoms with Crippen LogP contribution in [-0.4, -0.2) is 37.4 Å². The Hall–Kier alpha value is -2.17. The van der Waals surface area contributed by atoms with E-state index in [1.165, 1.54) is 29.4 Å². The van der Waals surface area contributed by atoms with Gasteiger partial charge in [0.2, 0.25) is 5.91 Å². The topological polar surface area (TPSA) is 58.6 Å². The van der Waals surface area contributed by atoms with Gasteiger partial charge in [0.25, 0.3) is 0 Å². The van der Waals surface area contributed by atoms with Crippen molar-refractivity contribution in [3.05, 3.63) is 70.8 Å². The van der Waals surface area contributed by atoms with Gasteiger partial charge >= 0.3 is 0 Å². The lowest BCUT2D eigenvalue weighted by atomic mass is 9.85. The number of amides is 1. The van der Waals surface area contributed by atoms with Gasteiger partial charge in [0.15, 0.2) is 0 Å². The van der Waals surface area contributed by atoms with E-state index in [0.717, 1.165) is 12.8 Å². The van der Waals surface area contributed by atoms with E-state index >= 15 is 0 Å². The summed E-state index contributed by atoms with van der Waals surface area (Å²) in [5.74, 6) is 0.00104. The molecule has 0 spiro atoms. The van der Waals surface area contributed by atoms with Gasteiger partial charge in [-0.1, -0.05) is 48.5 Å². The third-order valence-corrected chi connectivity index (χ3v) is 4.81. The molecule has 0 saturated heterocycles. The van der Waals surface area contributed by atoms with Gasteiger partial charge in [0.05, 0.1) is 12.7 Å². The minimum atomic E-state index is -0.678. The van der Waals surface area contributed by atoms with Crippen LogP contribution in [0.15, 0.2) is 48.5 Å². The van der Waals surface area contributed by atoms with Gasteiger partial charge < -0.3 is 15.2 Å². The summed E-state index contributed by atoms with van der Waals surface area (Å²) in [5.41, 5.74) is 5.10. The fourth-order valence-corrected chi connectivity index (χ4v) is 3.60. The number of aliphatic hydroxyl groups excluding tert-OH is 1. The molecule has 0 saturated carbocycles. The molecule has 132 valence electrons. The van der Waals surface area contributed by atoms with E-state index in [2.05, 4.69) is 41.7 Å². The summed E-state index contributed by atoms with van der Waals surface area (Å²) in [6.07, 6.45) is 1.70. The molecule has 0 aromatic heterocycles. The van der Waals surface area contributed by atoms with Crippen molar-refractivity contribution < 1.29 is 14.6 Å². The van der Waals surface area contributed by atoms with E-state index in [1.807, 2.05) is 12.1 Å². The molecule has 2 aromatic carbocycles. The molecule has 0 bridgehead atoms. The summed E-state index contributed by atoms with van der Waals surface area (Å²) in [4.78, 5) is 12.5. The van der Waals surface area contributed by atoms with Crippen LogP contribution < -0.4 is 5.32 Å². The van der Waals surface area contributed by atoms with E-state index in [0.29, 0.717) is 6.42 Å². The summed E-state index contributed by atoms with van der Waals surface area (Å²) < 4.78 is 4.89. The Kier molecular flexibility index (Phi) is 5.84. The number of carbonyl (C=O) groups excluding carboxylic acids is 1. The van der Waals surface area contributed by atoms with Crippen molar-refractivity contribution in [3.63, 3.8) is 0 Å². The Morgan fingerprint density at radius 3 is 2.24 bits per heavy atom. The van der Waals surface area contributed by atoms with Crippen LogP contribution in [0.3, 0.4) is 0 Å². The van der Waals surface area contributed by atoms with Gasteiger partial charge in [-0.05, 0) is 35.1 Å². The van der Waals surface area contributed by atoms with Gasteiger partial charge in [-0.2, -0.15) is 0 Å². The second-order valence-corrected chi connectivity index (χ2v) is 6.57. The molecule has 4 nitrogen and oxygen atoms in total. The molecule has 1 aliphatic rings. The predicted molar refractivity (Wildman–Crippen MR) is 97.6 cm³/mol. The highest BCUT2D eigenvalue weighted by Crippen LogP contribution is 2.36. The molecule has 0 fully saturated rings. The molecule has 2 aromatic rings. The Morgan fingerprint density at radius 2 is 1.68 bits per heavy atom. The van der Waals surface area contributed by atoms with E-state index < -0.39 is 6.10 Å². The smallest absolute Gasteiger partial charge is 0.221 e. The third kappa shape index (κ3) is 4.27. The molecule has 1 amide bonds. The highest BCUT2D eigenvalue weighted by atomic mass is 16.5. The first-order chi connectivity index (χ1) is 12.2. The van der Waals surface area contributed by atoms with E-state index in [-0.39, 0.29) is 25.0 Å². The van der Waals surface area contributed by atoms with Crippen molar-refractivity contribution in [1.29, 1.82) is 0 Å². The second-order valence-electron chi connectivity index (χ2n) is 6.57. The minimum Gasteiger partial charge on any atom is -0.389 e. The number of benzene rings is 2. The van der Waals surface area contributed by atoms with Gasteiger partial charge in [-0.15, -0.1) is 0 Å². The fraction of sp³-hybridized carbons (Fsp3) is 0.381. The number of rotatable bonds is 6. The number of nitrogens with one attached hydrogen (secondary N) is 1. The van der Waals surface area contributed by atoms with Gasteiger partial charge in [-0.25, -0.2) is 0 Å². The molecule has 0 heterocycles. The maximum absolute atomic E-state index is 12.5. The van der Waals surface area contributed by atoms with Gasteiger partial charge in [0, 0.05) is 26.0 Å². The number of carbonyl (C=O) groups is 1. The first-order valence-electron chi connectivity index (χ1n) is 8.78. The third-order valence-electron chi connectivity index (χ3n) is 4.81. The van der Waals surface area contributed by atoms with Crippen molar-refractivity contribution in [3.8, 4) is 0 Å². The molecule has 1 atom stereocenters. The average molecular weight is 339 g/mol. The predicted octanol–water partition coefficient (Wildman–Crippen LogP) is 2.43. The number of aliphatic hydroxyl groups is 1. The number of methoxy groups -OCH3 is 1. The van der Waals surface area contributed by atoms with Gasteiger partial charge in [-0.3, -0.25) is 4.79 Å². The molecule has 2 N–H and O–H groups in total. The van der Waals surface area contributed by atoms with Crippen LogP contribution in [0.4, 0.5) is 0 Å². The Morgan fingerprint density at radius 1 is 1.12 bits per heavy atom. The van der Waals surface area contributed by atoms with Gasteiger partial charge in [0.1, 0.15) is 0 Å². The number of hydrogen-bond acceptors (Lipinski definition) is 3. The van der Waals surface area contributed by atoms with Crippen molar-refractivity contribution in [2.45, 2.75) is 31.3 Å². The minimum absolute atomic E-state index is 0.0494. The van der Waals surface area contributed by atoms with Crippen LogP contribution in [0.5, 0.6) is 0 Å². The van der Waals surface area contributed by atoms with Crippen LogP contribution in [-0.2, 0) is 22.4 Å². The molecule has 4 heteroatoms. The SMILES string of the molecule is COC[C@H](O)CNC(=O)CC1c2ccccc2CCc2ccccc21. The van der Waals surface area contributed by atoms with Crippen molar-refractivity contribution in [2.24, 2.45) is 0 Å². The average Bonchev–Trinajstić information content (AvgIpc) is 2.78. The summed E-state index contributed by atoms with van der Waals surface area (Å²) in [5, 5.41) is 12.6. The summed E-state index contributed by atoms with van der Waals surface area (Å²) in [6, 6.07) is 16.8. The maximum Gasteiger partial charge on any atom is 0.221 e. The monoisotopic (exact) mass is 339 g/mol. The van der Waals surface area contributed by atoms with Crippen molar-refractivity contribution >= 4 is 5.91 Å². The molecule has 25 heavy (non-hydrogen) atoms. The normalized spacial score (nSPS) is 15.0. The number of fused-ring (bicyclic) bond motifs is 2. The number of aryl methyl sites for hydroxylation is 2. The highest BCUT2D eigenvalue weighted by Gasteiger charge is 2.25. The standard InChI is InChI=1S/C21H25NO3/c1-25-14-17(23)13-22-21(24)12-20-18-8-4-2-6-15(18)10-11-16-7-3-5-9-19(16)20/h2-9,17,20,23H,10-14H2,1H3,(H,22,24)/t17-/m1/s1. The van der Waals surface area contributed by atoms with Crippen LogP contribution in [0.1, 0.15) is 34.6 Å². The first-order valence-corrected chi connectivity index (χ1v) is 8.78. The molecule has 0 aliphatic heterocycles. The number of ether oxygens (including phenoxy) is 1. The van der Waals surface area contributed by atoms with Crippen LogP contribution >= 0.6 is 0 Å². The van der Waals surface area contributed by atoms with Crippen LogP contribution in [0.2, 0.25) is 0 Å². The van der Waals surface area contributed by atoms with E-state index in [1.54, 1.807) is 0 Å². The zero-order valence-electron chi connectivity index (χ0n) is 14.6. The van der Waals surface area contributed by atoms with E-state index in [9.17, 15) is 9.90 Å². The zero-order valence-corrected chi connectivity index (χ0v) is 14.6. The summed E-state index contributed by atoms with van der Waals surface area (Å²) in [7, 11) is 1.53. The van der Waals surface area contributed by atoms with Crippen LogP contribution in [0, 0.1) is 0 Å².